The van der Waals surface area contributed by atoms with Gasteiger partial charge in [0.1, 0.15) is 5.75 Å². The van der Waals surface area contributed by atoms with E-state index in [-0.39, 0.29) is 0 Å². The predicted molar refractivity (Wildman–Crippen MR) is 55.5 cm³/mol. The Kier molecular flexibility index (Phi) is 3.76. The second-order valence-corrected chi connectivity index (χ2v) is 3.36. The van der Waals surface area contributed by atoms with Gasteiger partial charge in [0.25, 0.3) is 0 Å². The van der Waals surface area contributed by atoms with Crippen LogP contribution >= 0.6 is 24.2 Å². The van der Waals surface area contributed by atoms with Crippen molar-refractivity contribution < 1.29 is 4.74 Å². The molecule has 0 radical (unpaired) electrons. The number of aryl methyl sites for hydroxylation is 1. The molecule has 1 aromatic rings. The van der Waals surface area contributed by atoms with Gasteiger partial charge in [-0.15, -0.1) is 0 Å². The standard InChI is InChI=1S/C9H11ClOS/c1-7-2-3-8(10)9(6-7)11-4-5-12/h2-3,6,12H,4-5H2,1H3. The molecule has 0 aromatic heterocycles. The Labute approximate surface area is 83.1 Å². The van der Waals surface area contributed by atoms with Crippen LogP contribution in [0.15, 0.2) is 18.2 Å². The topological polar surface area (TPSA) is 9.23 Å². The Morgan fingerprint density at radius 2 is 2.25 bits per heavy atom. The zero-order chi connectivity index (χ0) is 8.97. The molecule has 1 aromatic carbocycles. The largest absolute Gasteiger partial charge is 0.491 e. The zero-order valence-corrected chi connectivity index (χ0v) is 8.53. The molecule has 0 aliphatic heterocycles. The first-order valence-electron chi connectivity index (χ1n) is 3.74. The normalized spacial score (nSPS) is 9.92. The summed E-state index contributed by atoms with van der Waals surface area (Å²) in [6.45, 7) is 2.59. The summed E-state index contributed by atoms with van der Waals surface area (Å²) in [7, 11) is 0. The molecule has 0 heterocycles. The molecule has 1 rings (SSSR count). The van der Waals surface area contributed by atoms with E-state index >= 15 is 0 Å². The molecule has 0 aliphatic carbocycles. The van der Waals surface area contributed by atoms with Crippen molar-refractivity contribution in [3.8, 4) is 5.75 Å². The van der Waals surface area contributed by atoms with Gasteiger partial charge in [-0.05, 0) is 24.6 Å². The van der Waals surface area contributed by atoms with Gasteiger partial charge in [0.2, 0.25) is 0 Å². The summed E-state index contributed by atoms with van der Waals surface area (Å²) in [4.78, 5) is 0. The van der Waals surface area contributed by atoms with E-state index in [9.17, 15) is 0 Å². The molecular formula is C9H11ClOS. The van der Waals surface area contributed by atoms with Crippen LogP contribution in [-0.2, 0) is 0 Å². The third kappa shape index (κ3) is 2.61. The molecule has 0 fully saturated rings. The highest BCUT2D eigenvalue weighted by Gasteiger charge is 1.99. The first-order chi connectivity index (χ1) is 5.74. The zero-order valence-electron chi connectivity index (χ0n) is 6.88. The van der Waals surface area contributed by atoms with Crippen LogP contribution in [0, 0.1) is 6.92 Å². The number of hydrogen-bond acceptors (Lipinski definition) is 2. The van der Waals surface area contributed by atoms with Gasteiger partial charge >= 0.3 is 0 Å². The second-order valence-electron chi connectivity index (χ2n) is 2.51. The minimum atomic E-state index is 0.590. The van der Waals surface area contributed by atoms with Gasteiger partial charge in [-0.1, -0.05) is 17.7 Å². The molecule has 12 heavy (non-hydrogen) atoms. The van der Waals surface area contributed by atoms with Crippen LogP contribution < -0.4 is 4.74 Å². The summed E-state index contributed by atoms with van der Waals surface area (Å²) in [5, 5.41) is 0.655. The lowest BCUT2D eigenvalue weighted by atomic mass is 10.2. The van der Waals surface area contributed by atoms with E-state index in [0.717, 1.165) is 11.3 Å². The van der Waals surface area contributed by atoms with Gasteiger partial charge in [0.05, 0.1) is 11.6 Å². The minimum absolute atomic E-state index is 0.590. The molecule has 0 N–H and O–H groups in total. The van der Waals surface area contributed by atoms with Crippen LogP contribution in [0.1, 0.15) is 5.56 Å². The fourth-order valence-corrected chi connectivity index (χ4v) is 1.14. The number of ether oxygens (including phenoxy) is 1. The van der Waals surface area contributed by atoms with Crippen LogP contribution in [0.5, 0.6) is 5.75 Å². The van der Waals surface area contributed by atoms with Gasteiger partial charge in [0.15, 0.2) is 0 Å². The lowest BCUT2D eigenvalue weighted by Crippen LogP contribution is -1.98. The first kappa shape index (κ1) is 9.75. The highest BCUT2D eigenvalue weighted by atomic mass is 35.5. The van der Waals surface area contributed by atoms with Crippen LogP contribution in [-0.4, -0.2) is 12.4 Å². The maximum absolute atomic E-state index is 5.88. The van der Waals surface area contributed by atoms with E-state index in [2.05, 4.69) is 12.6 Å². The number of benzene rings is 1. The summed E-state index contributed by atoms with van der Waals surface area (Å²) in [5.41, 5.74) is 1.15. The quantitative estimate of drug-likeness (QED) is 0.742. The highest BCUT2D eigenvalue weighted by Crippen LogP contribution is 2.24. The Hall–Kier alpha value is -0.340. The fraction of sp³-hybridized carbons (Fsp3) is 0.333. The van der Waals surface area contributed by atoms with Crippen molar-refractivity contribution in [3.05, 3.63) is 28.8 Å². The molecule has 0 amide bonds. The second kappa shape index (κ2) is 4.63. The van der Waals surface area contributed by atoms with E-state index < -0.39 is 0 Å². The lowest BCUT2D eigenvalue weighted by molar-refractivity contribution is 0.344. The van der Waals surface area contributed by atoms with E-state index in [1.807, 2.05) is 25.1 Å². The van der Waals surface area contributed by atoms with Gasteiger partial charge in [-0.2, -0.15) is 12.6 Å². The van der Waals surface area contributed by atoms with E-state index in [1.54, 1.807) is 0 Å². The number of halogens is 1. The molecule has 66 valence electrons. The van der Waals surface area contributed by atoms with Gasteiger partial charge in [-0.3, -0.25) is 0 Å². The summed E-state index contributed by atoms with van der Waals surface area (Å²) in [6, 6.07) is 5.71. The SMILES string of the molecule is Cc1ccc(Cl)c(OCCS)c1. The number of thiol groups is 1. The number of rotatable bonds is 3. The maximum Gasteiger partial charge on any atom is 0.138 e. The van der Waals surface area contributed by atoms with Crippen molar-refractivity contribution in [3.63, 3.8) is 0 Å². The summed E-state index contributed by atoms with van der Waals surface area (Å²) in [5.74, 6) is 1.44. The summed E-state index contributed by atoms with van der Waals surface area (Å²) >= 11 is 9.92. The monoisotopic (exact) mass is 202 g/mol. The van der Waals surface area contributed by atoms with Crippen LogP contribution in [0.3, 0.4) is 0 Å². The Balaban J connectivity index is 2.75. The smallest absolute Gasteiger partial charge is 0.138 e. The van der Waals surface area contributed by atoms with Crippen molar-refractivity contribution in [1.82, 2.24) is 0 Å². The van der Waals surface area contributed by atoms with Crippen molar-refractivity contribution in [2.75, 3.05) is 12.4 Å². The molecule has 3 heteroatoms. The third-order valence-electron chi connectivity index (χ3n) is 1.44. The van der Waals surface area contributed by atoms with Crippen molar-refractivity contribution in [2.45, 2.75) is 6.92 Å². The van der Waals surface area contributed by atoms with Crippen LogP contribution in [0.2, 0.25) is 5.02 Å². The van der Waals surface area contributed by atoms with Crippen molar-refractivity contribution in [1.29, 1.82) is 0 Å². The van der Waals surface area contributed by atoms with Crippen LogP contribution in [0.25, 0.3) is 0 Å². The Morgan fingerprint density at radius 1 is 1.50 bits per heavy atom. The first-order valence-corrected chi connectivity index (χ1v) is 4.75. The van der Waals surface area contributed by atoms with E-state index in [0.29, 0.717) is 17.4 Å². The van der Waals surface area contributed by atoms with Gasteiger partial charge in [-0.25, -0.2) is 0 Å². The molecule has 0 saturated carbocycles. The maximum atomic E-state index is 5.88. The molecule has 0 saturated heterocycles. The Bertz CT molecular complexity index is 263. The Morgan fingerprint density at radius 3 is 2.92 bits per heavy atom. The molecule has 0 spiro atoms. The average Bonchev–Trinajstić information content (AvgIpc) is 2.07. The molecule has 1 nitrogen and oxygen atoms in total. The lowest BCUT2D eigenvalue weighted by Gasteiger charge is -2.06. The minimum Gasteiger partial charge on any atom is -0.491 e. The van der Waals surface area contributed by atoms with Crippen molar-refractivity contribution in [2.24, 2.45) is 0 Å². The van der Waals surface area contributed by atoms with Gasteiger partial charge in [0, 0.05) is 5.75 Å². The van der Waals surface area contributed by atoms with Crippen molar-refractivity contribution >= 4 is 24.2 Å². The van der Waals surface area contributed by atoms with E-state index in [1.165, 1.54) is 0 Å². The molecule has 0 atom stereocenters. The average molecular weight is 203 g/mol. The molecule has 0 unspecified atom stereocenters. The summed E-state index contributed by atoms with van der Waals surface area (Å²) in [6.07, 6.45) is 0. The fourth-order valence-electron chi connectivity index (χ4n) is 0.877. The van der Waals surface area contributed by atoms with Gasteiger partial charge < -0.3 is 4.74 Å². The summed E-state index contributed by atoms with van der Waals surface area (Å²) < 4.78 is 5.36. The van der Waals surface area contributed by atoms with E-state index in [4.69, 9.17) is 16.3 Å². The number of hydrogen-bond donors (Lipinski definition) is 1. The third-order valence-corrected chi connectivity index (χ3v) is 1.93. The predicted octanol–water partition coefficient (Wildman–Crippen LogP) is 2.96. The molecule has 0 aliphatic rings. The molecular weight excluding hydrogens is 192 g/mol. The molecule has 0 bridgehead atoms. The van der Waals surface area contributed by atoms with Crippen LogP contribution in [0.4, 0.5) is 0 Å². The highest BCUT2D eigenvalue weighted by molar-refractivity contribution is 7.80.